The second-order valence-corrected chi connectivity index (χ2v) is 4.39. The summed E-state index contributed by atoms with van der Waals surface area (Å²) in [4.78, 5) is 13.2. The molecule has 0 spiro atoms. The van der Waals surface area contributed by atoms with Gasteiger partial charge in [0.05, 0.1) is 17.6 Å². The number of nitrogens with one attached hydrogen (secondary N) is 1. The minimum absolute atomic E-state index is 0.686. The maximum Gasteiger partial charge on any atom is 0.223 e. The van der Waals surface area contributed by atoms with Crippen LogP contribution >= 0.6 is 0 Å². The fraction of sp³-hybridized carbons (Fsp3) is 0.462. The van der Waals surface area contributed by atoms with Gasteiger partial charge in [0.1, 0.15) is 5.82 Å². The maximum atomic E-state index is 4.53. The Morgan fingerprint density at radius 2 is 2.06 bits per heavy atom. The Hall–Kier alpha value is -1.91. The molecule has 18 heavy (non-hydrogen) atoms. The highest BCUT2D eigenvalue weighted by molar-refractivity contribution is 5.56. The van der Waals surface area contributed by atoms with Crippen LogP contribution in [0.2, 0.25) is 0 Å². The molecule has 2 aromatic heterocycles. The van der Waals surface area contributed by atoms with Gasteiger partial charge in [0.15, 0.2) is 0 Å². The van der Waals surface area contributed by atoms with Crippen molar-refractivity contribution in [3.63, 3.8) is 0 Å². The molecule has 1 N–H and O–H groups in total. The number of aryl methyl sites for hydroxylation is 2. The highest BCUT2D eigenvalue weighted by atomic mass is 15.1. The molecule has 0 unspecified atom stereocenters. The molecular weight excluding hydrogens is 226 g/mol. The standard InChI is InChI=1S/C13H19N5/c1-5-6-14-13-16-9(2)7-11(17-13)12-8-15-10(3)18(12)4/h7-8H,5-6H2,1-4H3,(H,14,16,17). The Balaban J connectivity index is 2.38. The molecule has 0 aliphatic carbocycles. The van der Waals surface area contributed by atoms with Gasteiger partial charge in [-0.3, -0.25) is 0 Å². The molecule has 0 aliphatic heterocycles. The van der Waals surface area contributed by atoms with Gasteiger partial charge in [-0.1, -0.05) is 6.92 Å². The van der Waals surface area contributed by atoms with E-state index in [9.17, 15) is 0 Å². The van der Waals surface area contributed by atoms with Crippen molar-refractivity contribution in [3.8, 4) is 11.4 Å². The van der Waals surface area contributed by atoms with Crippen LogP contribution in [0.4, 0.5) is 5.95 Å². The van der Waals surface area contributed by atoms with Gasteiger partial charge in [0, 0.05) is 19.3 Å². The molecule has 0 aliphatic rings. The summed E-state index contributed by atoms with van der Waals surface area (Å²) in [7, 11) is 1.99. The van der Waals surface area contributed by atoms with E-state index in [1.54, 1.807) is 0 Å². The van der Waals surface area contributed by atoms with E-state index in [2.05, 4.69) is 27.2 Å². The average molecular weight is 245 g/mol. The van der Waals surface area contributed by atoms with Crippen molar-refractivity contribution < 1.29 is 0 Å². The Morgan fingerprint density at radius 1 is 1.28 bits per heavy atom. The third kappa shape index (κ3) is 2.50. The minimum Gasteiger partial charge on any atom is -0.354 e. The number of hydrogen-bond acceptors (Lipinski definition) is 4. The number of imidazole rings is 1. The lowest BCUT2D eigenvalue weighted by Gasteiger charge is -2.08. The van der Waals surface area contributed by atoms with Crippen LogP contribution in [0.1, 0.15) is 24.9 Å². The van der Waals surface area contributed by atoms with Gasteiger partial charge >= 0.3 is 0 Å². The molecule has 2 rings (SSSR count). The lowest BCUT2D eigenvalue weighted by molar-refractivity contribution is 0.859. The zero-order chi connectivity index (χ0) is 13.1. The first-order chi connectivity index (χ1) is 8.61. The van der Waals surface area contributed by atoms with Crippen molar-refractivity contribution in [3.05, 3.63) is 23.8 Å². The monoisotopic (exact) mass is 245 g/mol. The first kappa shape index (κ1) is 12.5. The summed E-state index contributed by atoms with van der Waals surface area (Å²) in [6.45, 7) is 6.96. The number of aromatic nitrogens is 4. The van der Waals surface area contributed by atoms with E-state index in [4.69, 9.17) is 0 Å². The second kappa shape index (κ2) is 5.16. The zero-order valence-electron chi connectivity index (χ0n) is 11.4. The third-order valence-electron chi connectivity index (χ3n) is 2.87. The molecule has 5 nitrogen and oxygen atoms in total. The van der Waals surface area contributed by atoms with Crippen LogP contribution in [-0.4, -0.2) is 26.1 Å². The van der Waals surface area contributed by atoms with Crippen molar-refractivity contribution in [1.29, 1.82) is 0 Å². The molecule has 0 fully saturated rings. The number of anilines is 1. The first-order valence-corrected chi connectivity index (χ1v) is 6.20. The molecule has 0 radical (unpaired) electrons. The quantitative estimate of drug-likeness (QED) is 0.898. The van der Waals surface area contributed by atoms with Crippen molar-refractivity contribution in [2.75, 3.05) is 11.9 Å². The summed E-state index contributed by atoms with van der Waals surface area (Å²) in [5, 5.41) is 3.22. The Bertz CT molecular complexity index is 544. The van der Waals surface area contributed by atoms with Crippen molar-refractivity contribution in [2.45, 2.75) is 27.2 Å². The van der Waals surface area contributed by atoms with Gasteiger partial charge in [-0.2, -0.15) is 0 Å². The van der Waals surface area contributed by atoms with Gasteiger partial charge in [0.25, 0.3) is 0 Å². The summed E-state index contributed by atoms with van der Waals surface area (Å²) in [5.41, 5.74) is 2.87. The van der Waals surface area contributed by atoms with Crippen molar-refractivity contribution in [2.24, 2.45) is 7.05 Å². The molecule has 0 amide bonds. The molecular formula is C13H19N5. The van der Waals surface area contributed by atoms with Crippen molar-refractivity contribution in [1.82, 2.24) is 19.5 Å². The summed E-state index contributed by atoms with van der Waals surface area (Å²) in [6.07, 6.45) is 2.90. The summed E-state index contributed by atoms with van der Waals surface area (Å²) >= 11 is 0. The molecule has 0 atom stereocenters. The highest BCUT2D eigenvalue weighted by Crippen LogP contribution is 2.19. The van der Waals surface area contributed by atoms with Gasteiger partial charge in [-0.05, 0) is 26.3 Å². The maximum absolute atomic E-state index is 4.53. The van der Waals surface area contributed by atoms with Gasteiger partial charge < -0.3 is 9.88 Å². The molecule has 2 aromatic rings. The summed E-state index contributed by atoms with van der Waals surface area (Å²) in [6, 6.07) is 1.98. The van der Waals surface area contributed by atoms with Gasteiger partial charge in [0.2, 0.25) is 5.95 Å². The first-order valence-electron chi connectivity index (χ1n) is 6.20. The molecule has 96 valence electrons. The lowest BCUT2D eigenvalue weighted by Crippen LogP contribution is -2.06. The number of hydrogen-bond donors (Lipinski definition) is 1. The molecule has 0 bridgehead atoms. The SMILES string of the molecule is CCCNc1nc(C)cc(-c2cnc(C)n2C)n1. The summed E-state index contributed by atoms with van der Waals surface area (Å²) < 4.78 is 2.03. The smallest absolute Gasteiger partial charge is 0.223 e. The van der Waals surface area contributed by atoms with Crippen LogP contribution in [0.25, 0.3) is 11.4 Å². The van der Waals surface area contributed by atoms with Gasteiger partial charge in [-0.15, -0.1) is 0 Å². The normalized spacial score (nSPS) is 10.7. The second-order valence-electron chi connectivity index (χ2n) is 4.39. The van der Waals surface area contributed by atoms with E-state index in [1.807, 2.05) is 37.7 Å². The van der Waals surface area contributed by atoms with Crippen LogP contribution in [0.15, 0.2) is 12.3 Å². The van der Waals surface area contributed by atoms with Crippen molar-refractivity contribution >= 4 is 5.95 Å². The Kier molecular flexibility index (Phi) is 3.60. The van der Waals surface area contributed by atoms with E-state index in [-0.39, 0.29) is 0 Å². The van der Waals surface area contributed by atoms with Crippen LogP contribution in [-0.2, 0) is 7.05 Å². The van der Waals surface area contributed by atoms with Gasteiger partial charge in [-0.25, -0.2) is 15.0 Å². The number of rotatable bonds is 4. The van der Waals surface area contributed by atoms with Crippen LogP contribution < -0.4 is 5.32 Å². The lowest BCUT2D eigenvalue weighted by atomic mass is 10.3. The Labute approximate surface area is 107 Å². The van der Waals surface area contributed by atoms with Crippen LogP contribution in [0.3, 0.4) is 0 Å². The fourth-order valence-electron chi connectivity index (χ4n) is 1.76. The van der Waals surface area contributed by atoms with E-state index in [1.165, 1.54) is 0 Å². The minimum atomic E-state index is 0.686. The third-order valence-corrected chi connectivity index (χ3v) is 2.87. The van der Waals surface area contributed by atoms with Crippen LogP contribution in [0.5, 0.6) is 0 Å². The largest absolute Gasteiger partial charge is 0.354 e. The zero-order valence-corrected chi connectivity index (χ0v) is 11.4. The molecule has 5 heteroatoms. The van der Waals surface area contributed by atoms with E-state index >= 15 is 0 Å². The van der Waals surface area contributed by atoms with E-state index in [0.29, 0.717) is 5.95 Å². The predicted octanol–water partition coefficient (Wildman–Crippen LogP) is 2.32. The van der Waals surface area contributed by atoms with E-state index < -0.39 is 0 Å². The predicted molar refractivity (Wildman–Crippen MR) is 72.5 cm³/mol. The fourth-order valence-corrected chi connectivity index (χ4v) is 1.76. The van der Waals surface area contributed by atoms with Crippen LogP contribution in [0, 0.1) is 13.8 Å². The molecule has 2 heterocycles. The highest BCUT2D eigenvalue weighted by Gasteiger charge is 2.09. The summed E-state index contributed by atoms with van der Waals surface area (Å²) in [5.74, 6) is 1.66. The average Bonchev–Trinajstić information content (AvgIpc) is 2.67. The Morgan fingerprint density at radius 3 is 2.67 bits per heavy atom. The topological polar surface area (TPSA) is 55.6 Å². The molecule has 0 aromatic carbocycles. The molecule has 0 saturated heterocycles. The number of nitrogens with zero attached hydrogens (tertiary/aromatic N) is 4. The molecule has 0 saturated carbocycles. The van der Waals surface area contributed by atoms with E-state index in [0.717, 1.165) is 35.9 Å².